The Morgan fingerprint density at radius 3 is 2.59 bits per heavy atom. The summed E-state index contributed by atoms with van der Waals surface area (Å²) in [6.07, 6.45) is 1.62. The maximum atomic E-state index is 12.9. The van der Waals surface area contributed by atoms with Crippen LogP contribution in [-0.2, 0) is 5.75 Å². The molecule has 0 atom stereocenters. The number of carbonyl (C=O) groups is 1. The van der Waals surface area contributed by atoms with Crippen LogP contribution in [0.3, 0.4) is 0 Å². The number of fused-ring (bicyclic) bond motifs is 1. The molecule has 4 aromatic rings. The van der Waals surface area contributed by atoms with Crippen molar-refractivity contribution in [2.45, 2.75) is 30.5 Å². The maximum absolute atomic E-state index is 12.9. The topological polar surface area (TPSA) is 99.8 Å². The van der Waals surface area contributed by atoms with E-state index in [4.69, 9.17) is 9.47 Å². The van der Waals surface area contributed by atoms with Crippen molar-refractivity contribution in [3.05, 3.63) is 76.5 Å². The summed E-state index contributed by atoms with van der Waals surface area (Å²) in [7, 11) is 3.07. The summed E-state index contributed by atoms with van der Waals surface area (Å²) >= 11 is 1.48. The van der Waals surface area contributed by atoms with Crippen LogP contribution in [0.1, 0.15) is 35.9 Å². The quantitative estimate of drug-likeness (QED) is 0.381. The summed E-state index contributed by atoms with van der Waals surface area (Å²) < 4.78 is 13.7. The molecule has 1 N–H and O–H groups in total. The Kier molecular flexibility index (Phi) is 6.87. The fraction of sp³-hybridized carbons (Fsp3) is 0.250. The Morgan fingerprint density at radius 2 is 1.85 bits per heavy atom. The number of nitrogens with one attached hydrogen (secondary N) is 1. The van der Waals surface area contributed by atoms with Crippen LogP contribution in [0.25, 0.3) is 5.78 Å². The largest absolute Gasteiger partial charge is 0.493 e. The van der Waals surface area contributed by atoms with Gasteiger partial charge in [-0.15, -0.1) is 11.8 Å². The van der Waals surface area contributed by atoms with Gasteiger partial charge in [-0.25, -0.2) is 4.98 Å². The monoisotopic (exact) mass is 479 g/mol. The number of aromatic nitrogens is 4. The number of amides is 1. The fourth-order valence-corrected chi connectivity index (χ4v) is 4.33. The Morgan fingerprint density at radius 1 is 1.09 bits per heavy atom. The lowest BCUT2D eigenvalue weighted by Crippen LogP contribution is -2.22. The molecule has 34 heavy (non-hydrogen) atoms. The van der Waals surface area contributed by atoms with Crippen LogP contribution in [0.4, 0.5) is 5.69 Å². The van der Waals surface area contributed by atoms with Gasteiger partial charge in [-0.3, -0.25) is 14.3 Å². The van der Waals surface area contributed by atoms with E-state index in [-0.39, 0.29) is 17.5 Å². The van der Waals surface area contributed by atoms with E-state index in [0.29, 0.717) is 40.0 Å². The first kappa shape index (κ1) is 23.4. The van der Waals surface area contributed by atoms with Crippen molar-refractivity contribution in [2.75, 3.05) is 19.5 Å². The second-order valence-corrected chi connectivity index (χ2v) is 8.74. The number of rotatable bonds is 8. The lowest BCUT2D eigenvalue weighted by Gasteiger charge is -2.12. The highest BCUT2D eigenvalue weighted by molar-refractivity contribution is 7.98. The number of anilines is 1. The van der Waals surface area contributed by atoms with Gasteiger partial charge in [0.05, 0.1) is 25.6 Å². The van der Waals surface area contributed by atoms with E-state index in [9.17, 15) is 9.59 Å². The number of ether oxygens (including phenoxy) is 2. The number of thioether (sulfide) groups is 1. The highest BCUT2D eigenvalue weighted by Crippen LogP contribution is 2.31. The van der Waals surface area contributed by atoms with Gasteiger partial charge in [-0.2, -0.15) is 9.50 Å². The normalized spacial score (nSPS) is 11.1. The zero-order chi connectivity index (χ0) is 24.2. The molecular weight excluding hydrogens is 454 g/mol. The minimum absolute atomic E-state index is 0.0888. The summed E-state index contributed by atoms with van der Waals surface area (Å²) in [5, 5.41) is 2.95. The van der Waals surface area contributed by atoms with Gasteiger partial charge >= 0.3 is 0 Å². The molecule has 0 aliphatic rings. The molecule has 4 rings (SSSR count). The molecular formula is C24H25N5O4S. The van der Waals surface area contributed by atoms with Crippen molar-refractivity contribution in [2.24, 2.45) is 0 Å². The van der Waals surface area contributed by atoms with Crippen LogP contribution < -0.4 is 20.3 Å². The van der Waals surface area contributed by atoms with Crippen molar-refractivity contribution < 1.29 is 14.3 Å². The smallest absolute Gasteiger partial charge is 0.274 e. The van der Waals surface area contributed by atoms with Crippen LogP contribution in [0, 0.1) is 0 Å². The number of hydrogen-bond donors (Lipinski definition) is 1. The molecule has 2 heterocycles. The van der Waals surface area contributed by atoms with Crippen molar-refractivity contribution in [3.8, 4) is 11.5 Å². The lowest BCUT2D eigenvalue weighted by molar-refractivity contribution is 0.102. The number of carbonyl (C=O) groups excluding carboxylic acids is 1. The third kappa shape index (κ3) is 4.76. The molecule has 0 saturated carbocycles. The van der Waals surface area contributed by atoms with Gasteiger partial charge in [-0.1, -0.05) is 12.1 Å². The molecule has 9 nitrogen and oxygen atoms in total. The van der Waals surface area contributed by atoms with Gasteiger partial charge in [0.15, 0.2) is 11.5 Å². The zero-order valence-electron chi connectivity index (χ0n) is 19.3. The van der Waals surface area contributed by atoms with Crippen molar-refractivity contribution in [1.82, 2.24) is 19.2 Å². The fourth-order valence-electron chi connectivity index (χ4n) is 3.43. The number of hydrogen-bond acceptors (Lipinski definition) is 7. The van der Waals surface area contributed by atoms with E-state index < -0.39 is 0 Å². The first-order valence-electron chi connectivity index (χ1n) is 10.6. The van der Waals surface area contributed by atoms with Crippen molar-refractivity contribution in [3.63, 3.8) is 0 Å². The van der Waals surface area contributed by atoms with E-state index in [1.807, 2.05) is 38.1 Å². The third-order valence-corrected chi connectivity index (χ3v) is 6.25. The zero-order valence-corrected chi connectivity index (χ0v) is 20.1. The van der Waals surface area contributed by atoms with Crippen LogP contribution in [0.2, 0.25) is 0 Å². The van der Waals surface area contributed by atoms with E-state index >= 15 is 0 Å². The Bertz CT molecular complexity index is 1400. The first-order chi connectivity index (χ1) is 16.4. The predicted octanol–water partition coefficient (Wildman–Crippen LogP) is 4.03. The van der Waals surface area contributed by atoms with Crippen LogP contribution in [-0.4, -0.2) is 39.3 Å². The Hall–Kier alpha value is -3.79. The molecule has 2 aromatic heterocycles. The molecule has 2 aromatic carbocycles. The highest BCUT2D eigenvalue weighted by Gasteiger charge is 2.14. The summed E-state index contributed by atoms with van der Waals surface area (Å²) in [5.74, 6) is 1.57. The molecule has 0 spiro atoms. The van der Waals surface area contributed by atoms with E-state index in [0.717, 1.165) is 4.90 Å². The number of nitrogens with zero attached hydrogens (tertiary/aromatic N) is 4. The first-order valence-corrected chi connectivity index (χ1v) is 11.6. The molecule has 0 radical (unpaired) electrons. The molecule has 0 saturated heterocycles. The summed E-state index contributed by atoms with van der Waals surface area (Å²) in [6, 6.07) is 14.1. The SMILES string of the molecule is COc1ccc(C(=O)Nc2ccccc2SCc2cc(=O)n3c(ncn3C(C)C)n2)cc1OC. The van der Waals surface area contributed by atoms with Gasteiger partial charge < -0.3 is 14.8 Å². The van der Waals surface area contributed by atoms with E-state index in [2.05, 4.69) is 15.3 Å². The van der Waals surface area contributed by atoms with Gasteiger partial charge in [0, 0.05) is 28.3 Å². The van der Waals surface area contributed by atoms with Crippen LogP contribution >= 0.6 is 11.8 Å². The van der Waals surface area contributed by atoms with Gasteiger partial charge in [0.25, 0.3) is 17.2 Å². The predicted molar refractivity (Wildman–Crippen MR) is 131 cm³/mol. The summed E-state index contributed by atoms with van der Waals surface area (Å²) in [4.78, 5) is 35.2. The Labute approximate surface area is 200 Å². The third-order valence-electron chi connectivity index (χ3n) is 5.14. The minimum Gasteiger partial charge on any atom is -0.493 e. The molecule has 0 unspecified atom stereocenters. The van der Waals surface area contributed by atoms with Gasteiger partial charge in [-0.05, 0) is 44.2 Å². The number of methoxy groups -OCH3 is 2. The molecule has 0 aliphatic carbocycles. The molecule has 1 amide bonds. The van der Waals surface area contributed by atoms with Gasteiger partial charge in [0.2, 0.25) is 0 Å². The second-order valence-electron chi connectivity index (χ2n) is 7.72. The van der Waals surface area contributed by atoms with Gasteiger partial charge in [0.1, 0.15) is 6.33 Å². The number of para-hydroxylation sites is 1. The molecule has 0 bridgehead atoms. The maximum Gasteiger partial charge on any atom is 0.274 e. The second kappa shape index (κ2) is 10.0. The molecule has 10 heteroatoms. The molecule has 176 valence electrons. The summed E-state index contributed by atoms with van der Waals surface area (Å²) in [6.45, 7) is 3.95. The standard InChI is InChI=1S/C24H25N5O4S/c1-15(2)28-14-25-24-26-17(12-22(30)29(24)28)13-34-21-8-6-5-7-18(21)27-23(31)16-9-10-19(32-3)20(11-16)33-4/h5-12,14-15H,13H2,1-4H3,(H,27,31). The summed E-state index contributed by atoms with van der Waals surface area (Å²) in [5.41, 5.74) is 1.54. The Balaban J connectivity index is 1.52. The van der Waals surface area contributed by atoms with Crippen LogP contribution in [0.5, 0.6) is 11.5 Å². The minimum atomic E-state index is -0.272. The highest BCUT2D eigenvalue weighted by atomic mass is 32.2. The van der Waals surface area contributed by atoms with Crippen molar-refractivity contribution >= 4 is 29.1 Å². The average Bonchev–Trinajstić information content (AvgIpc) is 3.28. The van der Waals surface area contributed by atoms with Crippen LogP contribution in [0.15, 0.2) is 64.5 Å². The molecule has 0 fully saturated rings. The lowest BCUT2D eigenvalue weighted by atomic mass is 10.2. The molecule has 0 aliphatic heterocycles. The average molecular weight is 480 g/mol. The number of benzene rings is 2. The van der Waals surface area contributed by atoms with Crippen molar-refractivity contribution in [1.29, 1.82) is 0 Å². The van der Waals surface area contributed by atoms with E-state index in [1.54, 1.807) is 36.3 Å². The van der Waals surface area contributed by atoms with E-state index in [1.165, 1.54) is 29.5 Å².